The molecule has 25 heavy (non-hydrogen) atoms. The van der Waals surface area contributed by atoms with Crippen LogP contribution in [0.5, 0.6) is 0 Å². The summed E-state index contributed by atoms with van der Waals surface area (Å²) in [7, 11) is 0. The molecule has 0 spiro atoms. The Hall–Kier alpha value is -2.64. The molecule has 0 aromatic heterocycles. The van der Waals surface area contributed by atoms with E-state index in [-0.39, 0.29) is 17.5 Å². The molecule has 1 aliphatic rings. The molecule has 126 valence electrons. The fourth-order valence-corrected chi connectivity index (χ4v) is 3.29. The Balaban J connectivity index is 1.80. The minimum atomic E-state index is -0.504. The van der Waals surface area contributed by atoms with Gasteiger partial charge >= 0.3 is 0 Å². The molecule has 0 N–H and O–H groups in total. The van der Waals surface area contributed by atoms with Crippen LogP contribution in [0.1, 0.15) is 11.1 Å². The number of benzene rings is 2. The summed E-state index contributed by atoms with van der Waals surface area (Å²) in [4.78, 5) is 36.2. The minimum Gasteiger partial charge on any atom is -0.268 e. The lowest BCUT2D eigenvalue weighted by Gasteiger charge is -2.12. The van der Waals surface area contributed by atoms with Gasteiger partial charge < -0.3 is 0 Å². The maximum absolute atomic E-state index is 12.5. The molecule has 1 aliphatic heterocycles. The Bertz CT molecular complexity index is 896. The van der Waals surface area contributed by atoms with Gasteiger partial charge in [-0.05, 0) is 35.0 Å². The van der Waals surface area contributed by atoms with Crippen molar-refractivity contribution in [2.45, 2.75) is 6.54 Å². The van der Waals surface area contributed by atoms with Crippen molar-refractivity contribution in [3.05, 3.63) is 79.7 Å². The zero-order valence-electron chi connectivity index (χ0n) is 12.7. The molecule has 2 aromatic rings. The molecule has 0 aliphatic carbocycles. The van der Waals surface area contributed by atoms with Crippen molar-refractivity contribution in [2.75, 3.05) is 0 Å². The number of carbonyl (C=O) groups is 2. The number of amides is 2. The number of non-ortho nitro benzene ring substituents is 1. The molecule has 1 heterocycles. The number of carbonyl (C=O) groups excluding carboxylic acids is 2. The Morgan fingerprint density at radius 2 is 1.80 bits per heavy atom. The number of hydrogen-bond donors (Lipinski definition) is 0. The lowest BCUT2D eigenvalue weighted by molar-refractivity contribution is -0.384. The Kier molecular flexibility index (Phi) is 4.87. The molecular weight excluding hydrogens is 364 g/mol. The van der Waals surface area contributed by atoms with Crippen LogP contribution in [0.15, 0.2) is 53.4 Å². The molecule has 6 nitrogen and oxygen atoms in total. The van der Waals surface area contributed by atoms with Crippen molar-refractivity contribution in [2.24, 2.45) is 0 Å². The molecule has 0 bridgehead atoms. The summed E-state index contributed by atoms with van der Waals surface area (Å²) < 4.78 is 0. The molecule has 2 aromatic carbocycles. The Morgan fingerprint density at radius 3 is 2.44 bits per heavy atom. The van der Waals surface area contributed by atoms with Gasteiger partial charge in [0.15, 0.2) is 0 Å². The molecule has 8 heteroatoms. The zero-order chi connectivity index (χ0) is 18.0. The van der Waals surface area contributed by atoms with E-state index in [1.165, 1.54) is 24.3 Å². The molecule has 0 atom stereocenters. The van der Waals surface area contributed by atoms with E-state index in [1.807, 2.05) is 0 Å². The first-order chi connectivity index (χ1) is 12.0. The van der Waals surface area contributed by atoms with Gasteiger partial charge in [-0.15, -0.1) is 0 Å². The lowest BCUT2D eigenvalue weighted by atomic mass is 10.2. The monoisotopic (exact) mass is 374 g/mol. The van der Waals surface area contributed by atoms with Crippen molar-refractivity contribution >= 4 is 46.3 Å². The average Bonchev–Trinajstić information content (AvgIpc) is 2.85. The fraction of sp³-hybridized carbons (Fsp3) is 0.0588. The predicted octanol–water partition coefficient (Wildman–Crippen LogP) is 4.48. The first-order valence-corrected chi connectivity index (χ1v) is 8.38. The van der Waals surface area contributed by atoms with E-state index in [9.17, 15) is 19.7 Å². The van der Waals surface area contributed by atoms with Gasteiger partial charge in [-0.25, -0.2) is 0 Å². The zero-order valence-corrected chi connectivity index (χ0v) is 14.3. The molecule has 2 amide bonds. The van der Waals surface area contributed by atoms with Gasteiger partial charge in [-0.1, -0.05) is 41.9 Å². The van der Waals surface area contributed by atoms with E-state index in [1.54, 1.807) is 30.3 Å². The van der Waals surface area contributed by atoms with E-state index < -0.39 is 10.8 Å². The number of hydrogen-bond acceptors (Lipinski definition) is 5. The highest BCUT2D eigenvalue weighted by molar-refractivity contribution is 8.18. The summed E-state index contributed by atoms with van der Waals surface area (Å²) in [6.07, 6.45) is 1.59. The molecule has 1 saturated heterocycles. The van der Waals surface area contributed by atoms with Crippen molar-refractivity contribution in [3.63, 3.8) is 0 Å². The third kappa shape index (κ3) is 3.72. The summed E-state index contributed by atoms with van der Waals surface area (Å²) in [5, 5.41) is 10.8. The maximum Gasteiger partial charge on any atom is 0.293 e. The van der Waals surface area contributed by atoms with Crippen molar-refractivity contribution in [3.8, 4) is 0 Å². The second kappa shape index (κ2) is 7.08. The van der Waals surface area contributed by atoms with Crippen LogP contribution in [0.2, 0.25) is 5.02 Å². The summed E-state index contributed by atoms with van der Waals surface area (Å²) in [5.74, 6) is -0.409. The van der Waals surface area contributed by atoms with E-state index in [0.717, 1.165) is 16.7 Å². The number of nitrogens with zero attached hydrogens (tertiary/aromatic N) is 2. The number of halogens is 1. The van der Waals surface area contributed by atoms with Crippen LogP contribution in [0.3, 0.4) is 0 Å². The van der Waals surface area contributed by atoms with Crippen LogP contribution in [0, 0.1) is 10.1 Å². The maximum atomic E-state index is 12.5. The SMILES string of the molecule is O=C1S/C(=C/c2ccccc2Cl)C(=O)N1Cc1ccc([N+](=O)[O-])cc1. The molecular formula is C17H11ClN2O4S. The van der Waals surface area contributed by atoms with E-state index in [0.29, 0.717) is 21.1 Å². The number of nitro benzene ring substituents is 1. The van der Waals surface area contributed by atoms with Crippen LogP contribution in [-0.2, 0) is 11.3 Å². The summed E-state index contributed by atoms with van der Waals surface area (Å²) in [6.45, 7) is 0.0581. The predicted molar refractivity (Wildman–Crippen MR) is 96.1 cm³/mol. The Labute approximate surface area is 152 Å². The van der Waals surface area contributed by atoms with E-state index in [4.69, 9.17) is 11.6 Å². The van der Waals surface area contributed by atoms with Crippen LogP contribution in [-0.4, -0.2) is 21.0 Å². The minimum absolute atomic E-state index is 0.0449. The smallest absolute Gasteiger partial charge is 0.268 e. The molecule has 0 radical (unpaired) electrons. The summed E-state index contributed by atoms with van der Waals surface area (Å²) in [5.41, 5.74) is 1.24. The van der Waals surface area contributed by atoms with Crippen LogP contribution < -0.4 is 0 Å². The number of thioether (sulfide) groups is 1. The van der Waals surface area contributed by atoms with Gasteiger partial charge in [0, 0.05) is 17.2 Å². The number of imide groups is 1. The topological polar surface area (TPSA) is 80.5 Å². The van der Waals surface area contributed by atoms with Crippen molar-refractivity contribution in [1.29, 1.82) is 0 Å². The third-order valence-corrected chi connectivity index (χ3v) is 4.80. The van der Waals surface area contributed by atoms with Gasteiger partial charge in [-0.2, -0.15) is 0 Å². The number of rotatable bonds is 4. The summed E-state index contributed by atoms with van der Waals surface area (Å²) >= 11 is 6.92. The molecule has 0 unspecified atom stereocenters. The standard InChI is InChI=1S/C17H11ClN2O4S/c18-14-4-2-1-3-12(14)9-15-16(21)19(17(22)25-15)10-11-5-7-13(8-6-11)20(23)24/h1-9H,10H2/b15-9+. The average molecular weight is 375 g/mol. The van der Waals surface area contributed by atoms with E-state index >= 15 is 0 Å². The van der Waals surface area contributed by atoms with Gasteiger partial charge in [0.2, 0.25) is 0 Å². The summed E-state index contributed by atoms with van der Waals surface area (Å²) in [6, 6.07) is 12.8. The molecule has 0 saturated carbocycles. The molecule has 3 rings (SSSR count). The normalized spacial score (nSPS) is 15.9. The van der Waals surface area contributed by atoms with Crippen LogP contribution in [0.4, 0.5) is 10.5 Å². The second-order valence-corrected chi connectivity index (χ2v) is 6.61. The lowest BCUT2D eigenvalue weighted by Crippen LogP contribution is -2.27. The van der Waals surface area contributed by atoms with Gasteiger partial charge in [0.05, 0.1) is 16.4 Å². The van der Waals surface area contributed by atoms with Gasteiger partial charge in [0.1, 0.15) is 0 Å². The van der Waals surface area contributed by atoms with E-state index in [2.05, 4.69) is 0 Å². The first-order valence-electron chi connectivity index (χ1n) is 7.19. The van der Waals surface area contributed by atoms with Crippen LogP contribution in [0.25, 0.3) is 6.08 Å². The largest absolute Gasteiger partial charge is 0.293 e. The third-order valence-electron chi connectivity index (χ3n) is 3.55. The second-order valence-electron chi connectivity index (χ2n) is 5.21. The van der Waals surface area contributed by atoms with Crippen molar-refractivity contribution < 1.29 is 14.5 Å². The van der Waals surface area contributed by atoms with Crippen LogP contribution >= 0.6 is 23.4 Å². The first kappa shape index (κ1) is 17.2. The highest BCUT2D eigenvalue weighted by atomic mass is 35.5. The van der Waals surface area contributed by atoms with Gasteiger partial charge in [-0.3, -0.25) is 24.6 Å². The number of nitro groups is 1. The fourth-order valence-electron chi connectivity index (χ4n) is 2.28. The quantitative estimate of drug-likeness (QED) is 0.447. The molecule has 1 fully saturated rings. The van der Waals surface area contributed by atoms with Crippen molar-refractivity contribution in [1.82, 2.24) is 4.90 Å². The highest BCUT2D eigenvalue weighted by Crippen LogP contribution is 2.34. The Morgan fingerprint density at radius 1 is 1.12 bits per heavy atom. The van der Waals surface area contributed by atoms with Gasteiger partial charge in [0.25, 0.3) is 16.8 Å². The highest BCUT2D eigenvalue weighted by Gasteiger charge is 2.35.